The summed E-state index contributed by atoms with van der Waals surface area (Å²) in [5.74, 6) is 1.92. The topological polar surface area (TPSA) is 34.4 Å². The second-order valence-electron chi connectivity index (χ2n) is 4.84. The number of hydrogen-bond acceptors (Lipinski definition) is 3. The highest BCUT2D eigenvalue weighted by Gasteiger charge is 2.09. The summed E-state index contributed by atoms with van der Waals surface area (Å²) in [7, 11) is 1.73. The van der Waals surface area contributed by atoms with Crippen LogP contribution in [0.25, 0.3) is 11.3 Å². The molecule has 3 nitrogen and oxygen atoms in total. The Hall–Kier alpha value is -1.58. The summed E-state index contributed by atoms with van der Waals surface area (Å²) in [6.45, 7) is 4.68. The van der Waals surface area contributed by atoms with Crippen LogP contribution in [0.15, 0.2) is 40.8 Å². The molecule has 0 bridgehead atoms. The molecule has 20 heavy (non-hydrogen) atoms. The fourth-order valence-corrected chi connectivity index (χ4v) is 2.20. The Morgan fingerprint density at radius 2 is 2.00 bits per heavy atom. The standard InChI is InChI=1S/C17H23NO2/c1-3-11-18-13-15-8-9-17(20-15)16-7-5-4-6-14(16)10-12-19-2/h4-9,18H,3,10-13H2,1-2H3. The number of hydrogen-bond donors (Lipinski definition) is 1. The smallest absolute Gasteiger partial charge is 0.134 e. The molecule has 108 valence electrons. The Bertz CT molecular complexity index is 519. The largest absolute Gasteiger partial charge is 0.460 e. The number of furan rings is 1. The third-order valence-corrected chi connectivity index (χ3v) is 3.25. The van der Waals surface area contributed by atoms with Crippen LogP contribution in [0.2, 0.25) is 0 Å². The van der Waals surface area contributed by atoms with E-state index in [4.69, 9.17) is 9.15 Å². The SMILES string of the molecule is CCCNCc1ccc(-c2ccccc2CCOC)o1. The van der Waals surface area contributed by atoms with E-state index in [0.29, 0.717) is 0 Å². The predicted molar refractivity (Wildman–Crippen MR) is 81.7 cm³/mol. The van der Waals surface area contributed by atoms with Gasteiger partial charge in [-0.3, -0.25) is 0 Å². The first-order valence-corrected chi connectivity index (χ1v) is 7.21. The van der Waals surface area contributed by atoms with Crippen molar-refractivity contribution in [2.45, 2.75) is 26.3 Å². The van der Waals surface area contributed by atoms with Crippen LogP contribution >= 0.6 is 0 Å². The van der Waals surface area contributed by atoms with Gasteiger partial charge in [0.2, 0.25) is 0 Å². The number of benzene rings is 1. The van der Waals surface area contributed by atoms with Gasteiger partial charge in [-0.2, -0.15) is 0 Å². The monoisotopic (exact) mass is 273 g/mol. The summed E-state index contributed by atoms with van der Waals surface area (Å²) in [6, 6.07) is 12.4. The molecule has 0 radical (unpaired) electrons. The summed E-state index contributed by atoms with van der Waals surface area (Å²) in [4.78, 5) is 0. The van der Waals surface area contributed by atoms with Crippen molar-refractivity contribution in [1.29, 1.82) is 0 Å². The first kappa shape index (κ1) is 14.8. The maximum absolute atomic E-state index is 5.93. The van der Waals surface area contributed by atoms with Crippen LogP contribution in [0.1, 0.15) is 24.7 Å². The van der Waals surface area contributed by atoms with E-state index in [-0.39, 0.29) is 0 Å². The molecule has 0 fully saturated rings. The zero-order valence-electron chi connectivity index (χ0n) is 12.3. The van der Waals surface area contributed by atoms with Crippen molar-refractivity contribution in [1.82, 2.24) is 5.32 Å². The average Bonchev–Trinajstić information content (AvgIpc) is 2.94. The molecule has 0 unspecified atom stereocenters. The van der Waals surface area contributed by atoms with Crippen molar-refractivity contribution < 1.29 is 9.15 Å². The van der Waals surface area contributed by atoms with Crippen molar-refractivity contribution in [3.05, 3.63) is 47.7 Å². The number of methoxy groups -OCH3 is 1. The van der Waals surface area contributed by atoms with Gasteiger partial charge in [0.1, 0.15) is 11.5 Å². The third kappa shape index (κ3) is 3.95. The maximum atomic E-state index is 5.93. The summed E-state index contributed by atoms with van der Waals surface area (Å²) in [5.41, 5.74) is 2.42. The van der Waals surface area contributed by atoms with Gasteiger partial charge in [-0.05, 0) is 37.1 Å². The van der Waals surface area contributed by atoms with Crippen molar-refractivity contribution in [3.63, 3.8) is 0 Å². The lowest BCUT2D eigenvalue weighted by Crippen LogP contribution is -2.12. The fourth-order valence-electron chi connectivity index (χ4n) is 2.20. The van der Waals surface area contributed by atoms with E-state index in [1.807, 2.05) is 12.1 Å². The summed E-state index contributed by atoms with van der Waals surface area (Å²) < 4.78 is 11.1. The minimum Gasteiger partial charge on any atom is -0.460 e. The Balaban J connectivity index is 2.11. The summed E-state index contributed by atoms with van der Waals surface area (Å²) in [5, 5.41) is 3.35. The van der Waals surface area contributed by atoms with Gasteiger partial charge < -0.3 is 14.5 Å². The zero-order valence-corrected chi connectivity index (χ0v) is 12.3. The van der Waals surface area contributed by atoms with Gasteiger partial charge in [0, 0.05) is 12.7 Å². The number of rotatable bonds is 8. The summed E-state index contributed by atoms with van der Waals surface area (Å²) >= 11 is 0. The molecule has 1 aromatic carbocycles. The van der Waals surface area contributed by atoms with Crippen molar-refractivity contribution >= 4 is 0 Å². The molecule has 1 heterocycles. The molecule has 0 aliphatic carbocycles. The Morgan fingerprint density at radius 1 is 1.15 bits per heavy atom. The van der Waals surface area contributed by atoms with Crippen LogP contribution in [0, 0.1) is 0 Å². The van der Waals surface area contributed by atoms with E-state index in [9.17, 15) is 0 Å². The van der Waals surface area contributed by atoms with Gasteiger partial charge in [0.25, 0.3) is 0 Å². The van der Waals surface area contributed by atoms with Crippen LogP contribution in [0.4, 0.5) is 0 Å². The fraction of sp³-hybridized carbons (Fsp3) is 0.412. The molecule has 0 aliphatic heterocycles. The van der Waals surface area contributed by atoms with Crippen LogP contribution in [-0.2, 0) is 17.7 Å². The van der Waals surface area contributed by atoms with E-state index in [0.717, 1.165) is 49.6 Å². The Labute approximate surface area is 121 Å². The van der Waals surface area contributed by atoms with Crippen LogP contribution in [0.3, 0.4) is 0 Å². The van der Waals surface area contributed by atoms with E-state index in [2.05, 4.69) is 36.5 Å². The molecule has 0 spiro atoms. The third-order valence-electron chi connectivity index (χ3n) is 3.25. The van der Waals surface area contributed by atoms with Gasteiger partial charge in [-0.15, -0.1) is 0 Å². The normalized spacial score (nSPS) is 10.9. The molecule has 0 amide bonds. The molecule has 0 aliphatic rings. The lowest BCUT2D eigenvalue weighted by atomic mass is 10.0. The average molecular weight is 273 g/mol. The predicted octanol–water partition coefficient (Wildman–Crippen LogP) is 3.64. The van der Waals surface area contributed by atoms with Gasteiger partial charge >= 0.3 is 0 Å². The molecular formula is C17H23NO2. The second kappa shape index (κ2) is 7.88. The van der Waals surface area contributed by atoms with Gasteiger partial charge in [-0.1, -0.05) is 31.2 Å². The Morgan fingerprint density at radius 3 is 2.80 bits per heavy atom. The highest BCUT2D eigenvalue weighted by atomic mass is 16.5. The van der Waals surface area contributed by atoms with Crippen molar-refractivity contribution in [3.8, 4) is 11.3 Å². The quantitative estimate of drug-likeness (QED) is 0.746. The molecule has 1 aromatic heterocycles. The van der Waals surface area contributed by atoms with Gasteiger partial charge in [0.15, 0.2) is 0 Å². The summed E-state index contributed by atoms with van der Waals surface area (Å²) in [6.07, 6.45) is 2.03. The maximum Gasteiger partial charge on any atom is 0.134 e. The molecule has 1 N–H and O–H groups in total. The second-order valence-corrected chi connectivity index (χ2v) is 4.84. The first-order chi connectivity index (χ1) is 9.85. The lowest BCUT2D eigenvalue weighted by Gasteiger charge is -2.07. The van der Waals surface area contributed by atoms with E-state index >= 15 is 0 Å². The lowest BCUT2D eigenvalue weighted by molar-refractivity contribution is 0.202. The van der Waals surface area contributed by atoms with Crippen LogP contribution < -0.4 is 5.32 Å². The van der Waals surface area contributed by atoms with E-state index in [1.165, 1.54) is 5.56 Å². The molecule has 0 saturated heterocycles. The van der Waals surface area contributed by atoms with Crippen LogP contribution in [-0.4, -0.2) is 20.3 Å². The molecule has 0 atom stereocenters. The zero-order chi connectivity index (χ0) is 14.2. The van der Waals surface area contributed by atoms with E-state index in [1.54, 1.807) is 7.11 Å². The van der Waals surface area contributed by atoms with Gasteiger partial charge in [0.05, 0.1) is 13.2 Å². The number of ether oxygens (including phenoxy) is 1. The minimum absolute atomic E-state index is 0.725. The molecule has 2 aromatic rings. The molecular weight excluding hydrogens is 250 g/mol. The first-order valence-electron chi connectivity index (χ1n) is 7.21. The molecule has 2 rings (SSSR count). The van der Waals surface area contributed by atoms with Crippen LogP contribution in [0.5, 0.6) is 0 Å². The van der Waals surface area contributed by atoms with Crippen molar-refractivity contribution in [2.75, 3.05) is 20.3 Å². The number of nitrogens with one attached hydrogen (secondary N) is 1. The highest BCUT2D eigenvalue weighted by molar-refractivity contribution is 5.62. The molecule has 3 heteroatoms. The highest BCUT2D eigenvalue weighted by Crippen LogP contribution is 2.26. The Kier molecular flexibility index (Phi) is 5.84. The molecule has 0 saturated carbocycles. The van der Waals surface area contributed by atoms with E-state index < -0.39 is 0 Å². The van der Waals surface area contributed by atoms with Crippen molar-refractivity contribution in [2.24, 2.45) is 0 Å². The minimum atomic E-state index is 0.725. The van der Waals surface area contributed by atoms with Gasteiger partial charge in [-0.25, -0.2) is 0 Å².